The average Bonchev–Trinajstić information content (AvgIpc) is 3.40. The molecule has 3 heterocycles. The molecule has 338 valence electrons. The third kappa shape index (κ3) is 10.1. The Labute approximate surface area is 425 Å². The summed E-state index contributed by atoms with van der Waals surface area (Å²) in [7, 11) is 0. The Morgan fingerprint density at radius 3 is 1.61 bits per heavy atom. The molecular weight excluding hydrogens is 1030 g/mol. The van der Waals surface area contributed by atoms with Crippen LogP contribution in [-0.4, -0.2) is 15.0 Å². The molecule has 0 fully saturated rings. The van der Waals surface area contributed by atoms with Crippen molar-refractivity contribution in [3.63, 3.8) is 0 Å². The van der Waals surface area contributed by atoms with Gasteiger partial charge in [0.25, 0.3) is 0 Å². The molecule has 8 aromatic carbocycles. The molecule has 0 saturated carbocycles. The van der Waals surface area contributed by atoms with Gasteiger partial charge in [0.2, 0.25) is 0 Å². The molecule has 70 heavy (non-hydrogen) atoms. The van der Waals surface area contributed by atoms with Gasteiger partial charge in [-0.2, -0.15) is 0 Å². The number of fused-ring (bicyclic) bond motifs is 3. The standard InChI is InChI=1S/C66H50N3.Ir/c1-44-34-35-67-66(36-44)53-24-20-48(21-25-53)15-17-50-37-49(16-14-47-18-22-52(23-19-47)64-32-12-45(2)42-68-64)38-57(39-50)59-10-6-7-11-61(59)62-31-29-56(65-33-13-46(3)43-69-65)41-63(62)55-28-30-60-54(40-55)27-26-51-8-4-5-9-58(51)60;/h4-13,18-22,24,26-28,30-43H,14-17H2,1-3H3;/q-3;+3. The average molecular weight is 1080 g/mol. The summed E-state index contributed by atoms with van der Waals surface area (Å²) in [4.78, 5) is 14.1. The van der Waals surface area contributed by atoms with Gasteiger partial charge >= 0.3 is 20.1 Å². The number of hydrogen-bond acceptors (Lipinski definition) is 3. The van der Waals surface area contributed by atoms with Crippen molar-refractivity contribution in [2.45, 2.75) is 46.5 Å². The first-order valence-corrected chi connectivity index (χ1v) is 23.9. The summed E-state index contributed by atoms with van der Waals surface area (Å²) in [5.74, 6) is 0. The maximum absolute atomic E-state index is 4.83. The first-order valence-electron chi connectivity index (χ1n) is 23.9. The number of nitrogens with zero attached hydrogens (tertiary/aromatic N) is 3. The molecule has 0 bridgehead atoms. The second-order valence-corrected chi connectivity index (χ2v) is 18.4. The molecule has 0 atom stereocenters. The van der Waals surface area contributed by atoms with Gasteiger partial charge in [-0.1, -0.05) is 156 Å². The quantitative estimate of drug-likeness (QED) is 0.0904. The monoisotopic (exact) mass is 1080 g/mol. The van der Waals surface area contributed by atoms with Gasteiger partial charge in [0.15, 0.2) is 0 Å². The zero-order valence-corrected chi connectivity index (χ0v) is 42.0. The predicted molar refractivity (Wildman–Crippen MR) is 286 cm³/mol. The van der Waals surface area contributed by atoms with E-state index in [1.54, 1.807) is 0 Å². The fourth-order valence-corrected chi connectivity index (χ4v) is 9.52. The minimum absolute atomic E-state index is 0. The SMILES string of the molecule is Cc1ccc(-c2[c-]cc(CCc3cc(CCc4c[c-]c(-c5cc(C)ccn5)cc4)cc(-c4ccccc4-c4c[c-]c(-c5ccc(C)cn5)cc4-c4ccc5c(ccc6ccccc65)c4)c3)cc2)nc1.[Ir+3]. The molecular formula is C66H50IrN3. The van der Waals surface area contributed by atoms with Gasteiger partial charge in [0.1, 0.15) is 0 Å². The van der Waals surface area contributed by atoms with Crippen molar-refractivity contribution in [1.82, 2.24) is 15.0 Å². The Hall–Kier alpha value is -7.62. The van der Waals surface area contributed by atoms with E-state index >= 15 is 0 Å². The van der Waals surface area contributed by atoms with Crippen LogP contribution in [0.1, 0.15) is 38.9 Å². The van der Waals surface area contributed by atoms with Crippen molar-refractivity contribution in [3.05, 3.63) is 258 Å². The van der Waals surface area contributed by atoms with Crippen molar-refractivity contribution in [1.29, 1.82) is 0 Å². The molecule has 3 nitrogen and oxygen atoms in total. The first-order chi connectivity index (χ1) is 33.9. The number of aromatic nitrogens is 3. The Morgan fingerprint density at radius 1 is 0.357 bits per heavy atom. The van der Waals surface area contributed by atoms with E-state index in [0.29, 0.717) is 0 Å². The molecule has 11 rings (SSSR count). The van der Waals surface area contributed by atoms with E-state index in [-0.39, 0.29) is 20.1 Å². The van der Waals surface area contributed by atoms with Crippen LogP contribution in [0.2, 0.25) is 0 Å². The maximum atomic E-state index is 4.83. The van der Waals surface area contributed by atoms with Crippen LogP contribution in [0.5, 0.6) is 0 Å². The zero-order chi connectivity index (χ0) is 46.7. The largest absolute Gasteiger partial charge is 3.00 e. The third-order valence-electron chi connectivity index (χ3n) is 13.3. The molecule has 0 unspecified atom stereocenters. The van der Waals surface area contributed by atoms with Crippen molar-refractivity contribution in [2.24, 2.45) is 0 Å². The number of pyridine rings is 3. The summed E-state index contributed by atoms with van der Waals surface area (Å²) in [6, 6.07) is 76.9. The van der Waals surface area contributed by atoms with Crippen LogP contribution in [0.3, 0.4) is 0 Å². The second-order valence-electron chi connectivity index (χ2n) is 18.4. The summed E-state index contributed by atoms with van der Waals surface area (Å²) >= 11 is 0. The predicted octanol–water partition coefficient (Wildman–Crippen LogP) is 16.1. The van der Waals surface area contributed by atoms with E-state index in [2.05, 4.69) is 225 Å². The van der Waals surface area contributed by atoms with E-state index in [9.17, 15) is 0 Å². The van der Waals surface area contributed by atoms with Gasteiger partial charge in [-0.05, 0) is 123 Å². The number of aryl methyl sites for hydroxylation is 7. The summed E-state index contributed by atoms with van der Waals surface area (Å²) in [6.07, 6.45) is 9.31. The Morgan fingerprint density at radius 2 is 0.957 bits per heavy atom. The van der Waals surface area contributed by atoms with Crippen LogP contribution in [0.4, 0.5) is 0 Å². The van der Waals surface area contributed by atoms with Gasteiger partial charge in [0.05, 0.1) is 0 Å². The number of rotatable bonds is 12. The third-order valence-corrected chi connectivity index (χ3v) is 13.3. The van der Waals surface area contributed by atoms with Gasteiger partial charge in [-0.15, -0.1) is 94.5 Å². The minimum Gasteiger partial charge on any atom is -0.305 e. The van der Waals surface area contributed by atoms with Gasteiger partial charge < -0.3 is 15.0 Å². The molecule has 11 aromatic rings. The summed E-state index contributed by atoms with van der Waals surface area (Å²) < 4.78 is 0. The van der Waals surface area contributed by atoms with Gasteiger partial charge in [0, 0.05) is 18.6 Å². The molecule has 0 spiro atoms. The number of benzene rings is 8. The Kier molecular flexibility index (Phi) is 13.5. The van der Waals surface area contributed by atoms with E-state index < -0.39 is 0 Å². The van der Waals surface area contributed by atoms with Crippen LogP contribution in [0, 0.1) is 39.0 Å². The topological polar surface area (TPSA) is 38.7 Å². The zero-order valence-electron chi connectivity index (χ0n) is 39.6. The van der Waals surface area contributed by atoms with E-state index in [0.717, 1.165) is 87.3 Å². The van der Waals surface area contributed by atoms with Gasteiger partial charge in [-0.3, -0.25) is 0 Å². The van der Waals surface area contributed by atoms with Crippen molar-refractivity contribution in [3.8, 4) is 67.2 Å². The Bertz CT molecular complexity index is 3610. The minimum atomic E-state index is 0. The van der Waals surface area contributed by atoms with Crippen molar-refractivity contribution < 1.29 is 20.1 Å². The number of hydrogen-bond donors (Lipinski definition) is 0. The fraction of sp³-hybridized carbons (Fsp3) is 0.106. The molecule has 0 radical (unpaired) electrons. The molecule has 0 amide bonds. The van der Waals surface area contributed by atoms with E-state index in [4.69, 9.17) is 4.98 Å². The van der Waals surface area contributed by atoms with Gasteiger partial charge in [-0.25, -0.2) is 0 Å². The van der Waals surface area contributed by atoms with E-state index in [1.807, 2.05) is 24.7 Å². The van der Waals surface area contributed by atoms with E-state index in [1.165, 1.54) is 66.1 Å². The fourth-order valence-electron chi connectivity index (χ4n) is 9.52. The Balaban J connectivity index is 0.00000567. The molecule has 0 aliphatic carbocycles. The molecule has 0 aliphatic rings. The smallest absolute Gasteiger partial charge is 0.305 e. The van der Waals surface area contributed by atoms with Crippen molar-refractivity contribution in [2.75, 3.05) is 0 Å². The first kappa shape index (κ1) is 46.1. The summed E-state index contributed by atoms with van der Waals surface area (Å²) in [6.45, 7) is 6.24. The molecule has 3 aromatic heterocycles. The maximum Gasteiger partial charge on any atom is 3.00 e. The van der Waals surface area contributed by atoms with Crippen LogP contribution in [-0.2, 0) is 45.8 Å². The molecule has 0 aliphatic heterocycles. The van der Waals surface area contributed by atoms with Crippen LogP contribution in [0.25, 0.3) is 88.7 Å². The normalized spacial score (nSPS) is 11.2. The second kappa shape index (κ2) is 20.5. The van der Waals surface area contributed by atoms with Crippen LogP contribution >= 0.6 is 0 Å². The molecule has 4 heteroatoms. The molecule has 0 N–H and O–H groups in total. The van der Waals surface area contributed by atoms with Crippen LogP contribution in [0.15, 0.2) is 201 Å². The summed E-state index contributed by atoms with van der Waals surface area (Å²) in [5, 5.41) is 4.97. The summed E-state index contributed by atoms with van der Waals surface area (Å²) in [5.41, 5.74) is 21.4. The van der Waals surface area contributed by atoms with Crippen LogP contribution < -0.4 is 0 Å². The van der Waals surface area contributed by atoms with Crippen molar-refractivity contribution >= 4 is 21.5 Å². The molecule has 0 saturated heterocycles.